The van der Waals surface area contributed by atoms with E-state index in [4.69, 9.17) is 5.73 Å². The van der Waals surface area contributed by atoms with Gasteiger partial charge in [0.25, 0.3) is 0 Å². The van der Waals surface area contributed by atoms with Crippen molar-refractivity contribution in [1.82, 2.24) is 4.90 Å². The minimum Gasteiger partial charge on any atom is -0.388 e. The molecule has 2 atom stereocenters. The van der Waals surface area contributed by atoms with Gasteiger partial charge in [0.1, 0.15) is 0 Å². The minimum atomic E-state index is -0.814. The molecule has 1 aliphatic heterocycles. The molecule has 1 saturated heterocycles. The first kappa shape index (κ1) is 13.8. The highest BCUT2D eigenvalue weighted by molar-refractivity contribution is 5.83. The van der Waals surface area contributed by atoms with E-state index < -0.39 is 17.6 Å². The molecule has 2 fully saturated rings. The summed E-state index contributed by atoms with van der Waals surface area (Å²) in [7, 11) is 0. The molecule has 4 N–H and O–H groups in total. The van der Waals surface area contributed by atoms with E-state index in [1.807, 2.05) is 0 Å². The van der Waals surface area contributed by atoms with Crippen molar-refractivity contribution in [2.24, 2.45) is 17.1 Å². The molecule has 2 aliphatic rings. The molecule has 0 spiro atoms. The molecule has 1 amide bonds. The van der Waals surface area contributed by atoms with E-state index in [2.05, 4.69) is 6.92 Å². The fourth-order valence-corrected chi connectivity index (χ4v) is 3.09. The van der Waals surface area contributed by atoms with Gasteiger partial charge in [0.2, 0.25) is 5.91 Å². The normalized spacial score (nSPS) is 41.1. The number of nitrogens with two attached hydrogens (primary N) is 1. The van der Waals surface area contributed by atoms with Crippen LogP contribution in [0.15, 0.2) is 0 Å². The first-order valence-electron chi connectivity index (χ1n) is 6.84. The number of carbonyl (C=O) groups excluding carboxylic acids is 1. The van der Waals surface area contributed by atoms with E-state index in [-0.39, 0.29) is 19.0 Å². The zero-order valence-electron chi connectivity index (χ0n) is 11.0. The number of hydrogen-bond acceptors (Lipinski definition) is 4. The van der Waals surface area contributed by atoms with Crippen LogP contribution in [-0.2, 0) is 4.79 Å². The molecule has 1 saturated carbocycles. The van der Waals surface area contributed by atoms with Crippen LogP contribution in [0.5, 0.6) is 0 Å². The number of hydrogen-bond donors (Lipinski definition) is 3. The van der Waals surface area contributed by atoms with Crippen molar-refractivity contribution in [2.45, 2.75) is 44.8 Å². The molecule has 2 rings (SSSR count). The quantitative estimate of drug-likeness (QED) is 0.633. The van der Waals surface area contributed by atoms with Gasteiger partial charge in [-0.15, -0.1) is 0 Å². The van der Waals surface area contributed by atoms with Gasteiger partial charge in [0, 0.05) is 19.6 Å². The summed E-state index contributed by atoms with van der Waals surface area (Å²) in [6.07, 6.45) is 2.08. The second-order valence-electron chi connectivity index (χ2n) is 6.01. The first-order valence-corrected chi connectivity index (χ1v) is 6.84. The number of aliphatic hydroxyl groups excluding tert-OH is 2. The molecule has 5 heteroatoms. The Kier molecular flexibility index (Phi) is 3.94. The molecule has 1 aliphatic carbocycles. The molecule has 0 aromatic carbocycles. The Morgan fingerprint density at radius 1 is 1.28 bits per heavy atom. The molecular formula is C13H24N2O3. The van der Waals surface area contributed by atoms with E-state index in [9.17, 15) is 15.0 Å². The van der Waals surface area contributed by atoms with E-state index >= 15 is 0 Å². The largest absolute Gasteiger partial charge is 0.388 e. The highest BCUT2D eigenvalue weighted by Crippen LogP contribution is 2.40. The van der Waals surface area contributed by atoms with Crippen molar-refractivity contribution in [3.05, 3.63) is 0 Å². The third kappa shape index (κ3) is 2.39. The van der Waals surface area contributed by atoms with Crippen LogP contribution in [0, 0.1) is 11.3 Å². The maximum absolute atomic E-state index is 12.6. The number of nitrogens with zero attached hydrogens (tertiary/aromatic N) is 1. The van der Waals surface area contributed by atoms with Gasteiger partial charge in [0.15, 0.2) is 0 Å². The predicted molar refractivity (Wildman–Crippen MR) is 67.7 cm³/mol. The molecule has 0 aromatic rings. The van der Waals surface area contributed by atoms with Gasteiger partial charge < -0.3 is 20.8 Å². The number of β-amino-alcohol motifs (C(OH)–C–C–N with tert-alkyl or cyclic N) is 2. The van der Waals surface area contributed by atoms with Crippen LogP contribution in [0.1, 0.15) is 32.6 Å². The summed E-state index contributed by atoms with van der Waals surface area (Å²) in [5, 5.41) is 19.1. The summed E-state index contributed by atoms with van der Waals surface area (Å²) >= 11 is 0. The van der Waals surface area contributed by atoms with Crippen LogP contribution in [0.2, 0.25) is 0 Å². The Labute approximate surface area is 108 Å². The zero-order chi connectivity index (χ0) is 13.3. The van der Waals surface area contributed by atoms with Crippen LogP contribution < -0.4 is 5.73 Å². The second kappa shape index (κ2) is 5.15. The summed E-state index contributed by atoms with van der Waals surface area (Å²) in [5.74, 6) is 0.680. The monoisotopic (exact) mass is 256 g/mol. The summed E-state index contributed by atoms with van der Waals surface area (Å²) < 4.78 is 0. The van der Waals surface area contributed by atoms with Gasteiger partial charge >= 0.3 is 0 Å². The number of rotatable bonds is 2. The van der Waals surface area contributed by atoms with Crippen molar-refractivity contribution in [3.8, 4) is 0 Å². The molecule has 5 nitrogen and oxygen atoms in total. The maximum atomic E-state index is 12.6. The lowest BCUT2D eigenvalue weighted by Gasteiger charge is -2.39. The molecular weight excluding hydrogens is 232 g/mol. The zero-order valence-corrected chi connectivity index (χ0v) is 11.0. The third-order valence-corrected chi connectivity index (χ3v) is 4.62. The maximum Gasteiger partial charge on any atom is 0.230 e. The Morgan fingerprint density at radius 2 is 1.78 bits per heavy atom. The van der Waals surface area contributed by atoms with Gasteiger partial charge in [-0.05, 0) is 31.6 Å². The van der Waals surface area contributed by atoms with Crippen molar-refractivity contribution in [1.29, 1.82) is 0 Å². The van der Waals surface area contributed by atoms with E-state index in [1.165, 1.54) is 0 Å². The topological polar surface area (TPSA) is 86.8 Å². The van der Waals surface area contributed by atoms with Crippen LogP contribution in [-0.4, -0.2) is 52.9 Å². The average molecular weight is 256 g/mol. The Morgan fingerprint density at radius 3 is 2.22 bits per heavy atom. The molecule has 104 valence electrons. The second-order valence-corrected chi connectivity index (χ2v) is 6.01. The lowest BCUT2D eigenvalue weighted by Crippen LogP contribution is -2.49. The molecule has 0 radical (unpaired) electrons. The summed E-state index contributed by atoms with van der Waals surface area (Å²) in [6.45, 7) is 3.03. The summed E-state index contributed by atoms with van der Waals surface area (Å²) in [5.41, 5.74) is 5.39. The van der Waals surface area contributed by atoms with Crippen LogP contribution in [0.25, 0.3) is 0 Å². The molecule has 0 aromatic heterocycles. The van der Waals surface area contributed by atoms with Crippen LogP contribution in [0.4, 0.5) is 0 Å². The number of aliphatic hydroxyl groups is 2. The van der Waals surface area contributed by atoms with Gasteiger partial charge in [0.05, 0.1) is 17.6 Å². The highest BCUT2D eigenvalue weighted by Gasteiger charge is 2.45. The summed E-state index contributed by atoms with van der Waals surface area (Å²) in [4.78, 5) is 14.2. The van der Waals surface area contributed by atoms with Crippen molar-refractivity contribution in [3.63, 3.8) is 0 Å². The van der Waals surface area contributed by atoms with Gasteiger partial charge in [-0.25, -0.2) is 0 Å². The predicted octanol–water partition coefficient (Wildman–Crippen LogP) is -0.294. The van der Waals surface area contributed by atoms with Crippen LogP contribution in [0.3, 0.4) is 0 Å². The van der Waals surface area contributed by atoms with Gasteiger partial charge in [-0.2, -0.15) is 0 Å². The van der Waals surface area contributed by atoms with Crippen molar-refractivity contribution < 1.29 is 15.0 Å². The van der Waals surface area contributed by atoms with E-state index in [0.717, 1.165) is 25.7 Å². The molecule has 0 unspecified atom stereocenters. The lowest BCUT2D eigenvalue weighted by atomic mass is 9.70. The fraction of sp³-hybridized carbons (Fsp3) is 0.923. The number of amides is 1. The third-order valence-electron chi connectivity index (χ3n) is 4.62. The van der Waals surface area contributed by atoms with E-state index in [0.29, 0.717) is 12.5 Å². The van der Waals surface area contributed by atoms with Crippen LogP contribution >= 0.6 is 0 Å². The SMILES string of the molecule is CC1CCC(CN)(C(=O)N2C[C@@H](O)[C@@H](O)C2)CC1. The van der Waals surface area contributed by atoms with Gasteiger partial charge in [-0.1, -0.05) is 6.92 Å². The standard InChI is InChI=1S/C13H24N2O3/c1-9-2-4-13(8-14,5-3-9)12(18)15-6-10(16)11(17)7-15/h9-11,16-17H,2-8,14H2,1H3/t9?,10-,11+,13?. The smallest absolute Gasteiger partial charge is 0.230 e. The molecule has 1 heterocycles. The Bertz CT molecular complexity index is 303. The minimum absolute atomic E-state index is 0.0208. The average Bonchev–Trinajstić information content (AvgIpc) is 2.70. The van der Waals surface area contributed by atoms with E-state index in [1.54, 1.807) is 4.90 Å². The Hall–Kier alpha value is -0.650. The highest BCUT2D eigenvalue weighted by atomic mass is 16.3. The molecule has 0 bridgehead atoms. The fourth-order valence-electron chi connectivity index (χ4n) is 3.09. The van der Waals surface area contributed by atoms with Crippen molar-refractivity contribution in [2.75, 3.05) is 19.6 Å². The lowest BCUT2D eigenvalue weighted by molar-refractivity contribution is -0.143. The van der Waals surface area contributed by atoms with Crippen molar-refractivity contribution >= 4 is 5.91 Å². The number of likely N-dealkylation sites (tertiary alicyclic amines) is 1. The summed E-state index contributed by atoms with van der Waals surface area (Å²) in [6, 6.07) is 0. The first-order chi connectivity index (χ1) is 8.48. The van der Waals surface area contributed by atoms with Gasteiger partial charge in [-0.3, -0.25) is 4.79 Å². The Balaban J connectivity index is 2.06. The number of carbonyl (C=O) groups is 1. The molecule has 18 heavy (non-hydrogen) atoms.